The van der Waals surface area contributed by atoms with E-state index in [1.165, 1.54) is 7.11 Å². The normalized spacial score (nSPS) is 27.4. The van der Waals surface area contributed by atoms with Crippen molar-refractivity contribution in [1.29, 1.82) is 0 Å². The lowest BCUT2D eigenvalue weighted by Crippen LogP contribution is -2.43. The number of likely N-dealkylation sites (N-methyl/N-ethyl adjacent to an activating group) is 1. The van der Waals surface area contributed by atoms with Crippen LogP contribution in [0.4, 0.5) is 0 Å². The predicted molar refractivity (Wildman–Crippen MR) is 55.2 cm³/mol. The minimum absolute atomic E-state index is 0.0373. The fourth-order valence-corrected chi connectivity index (χ4v) is 1.73. The van der Waals surface area contributed by atoms with Crippen LogP contribution in [0.3, 0.4) is 0 Å². The maximum atomic E-state index is 11.8. The lowest BCUT2D eigenvalue weighted by atomic mass is 10.2. The summed E-state index contributed by atoms with van der Waals surface area (Å²) in [4.78, 5) is 24.6. The van der Waals surface area contributed by atoms with Crippen molar-refractivity contribution in [2.75, 3.05) is 27.2 Å². The van der Waals surface area contributed by atoms with Crippen molar-refractivity contribution in [3.63, 3.8) is 0 Å². The van der Waals surface area contributed by atoms with Gasteiger partial charge < -0.3 is 15.0 Å². The van der Waals surface area contributed by atoms with Gasteiger partial charge in [-0.2, -0.15) is 0 Å². The van der Waals surface area contributed by atoms with Gasteiger partial charge in [0.1, 0.15) is 0 Å². The summed E-state index contributed by atoms with van der Waals surface area (Å²) in [6.45, 7) is 3.54. The smallest absolute Gasteiger partial charge is 0.307 e. The molecule has 0 radical (unpaired) electrons. The van der Waals surface area contributed by atoms with E-state index in [0.717, 1.165) is 13.1 Å². The highest BCUT2D eigenvalue weighted by atomic mass is 16.5. The van der Waals surface area contributed by atoms with Crippen LogP contribution < -0.4 is 5.32 Å². The standard InChI is InChI=1S/C10H18N2O3/c1-7-5-11-8(4-9(13)15-3)10(14)12(2)6-7/h7-8,11H,4-6H2,1-3H3. The van der Waals surface area contributed by atoms with Crippen molar-refractivity contribution in [3.05, 3.63) is 0 Å². The molecular weight excluding hydrogens is 196 g/mol. The molecular formula is C10H18N2O3. The number of nitrogens with zero attached hydrogens (tertiary/aromatic N) is 1. The van der Waals surface area contributed by atoms with Crippen LogP contribution in [0.25, 0.3) is 0 Å². The second kappa shape index (κ2) is 5.11. The number of hydrogen-bond donors (Lipinski definition) is 1. The lowest BCUT2D eigenvalue weighted by molar-refractivity contribution is -0.144. The van der Waals surface area contributed by atoms with Gasteiger partial charge >= 0.3 is 5.97 Å². The van der Waals surface area contributed by atoms with Crippen molar-refractivity contribution >= 4 is 11.9 Å². The van der Waals surface area contributed by atoms with E-state index in [0.29, 0.717) is 5.92 Å². The van der Waals surface area contributed by atoms with Gasteiger partial charge in [0.25, 0.3) is 0 Å². The zero-order valence-corrected chi connectivity index (χ0v) is 9.45. The van der Waals surface area contributed by atoms with Gasteiger partial charge in [-0.05, 0) is 5.92 Å². The molecule has 1 amide bonds. The van der Waals surface area contributed by atoms with Gasteiger partial charge in [0.05, 0.1) is 19.6 Å². The predicted octanol–water partition coefficient (Wildman–Crippen LogP) is -0.384. The Morgan fingerprint density at radius 2 is 2.33 bits per heavy atom. The minimum Gasteiger partial charge on any atom is -0.469 e. The lowest BCUT2D eigenvalue weighted by Gasteiger charge is -2.19. The van der Waals surface area contributed by atoms with Crippen LogP contribution in [0, 0.1) is 5.92 Å². The Morgan fingerprint density at radius 3 is 2.93 bits per heavy atom. The molecule has 86 valence electrons. The summed E-state index contributed by atoms with van der Waals surface area (Å²) in [5.41, 5.74) is 0. The number of carbonyl (C=O) groups excluding carboxylic acids is 2. The first-order valence-corrected chi connectivity index (χ1v) is 5.09. The zero-order chi connectivity index (χ0) is 11.4. The van der Waals surface area contributed by atoms with Crippen LogP contribution in [0.2, 0.25) is 0 Å². The molecule has 15 heavy (non-hydrogen) atoms. The van der Waals surface area contributed by atoms with E-state index in [2.05, 4.69) is 17.0 Å². The largest absolute Gasteiger partial charge is 0.469 e. The van der Waals surface area contributed by atoms with Gasteiger partial charge in [-0.3, -0.25) is 9.59 Å². The van der Waals surface area contributed by atoms with Crippen LogP contribution in [0.15, 0.2) is 0 Å². The Kier molecular flexibility index (Phi) is 4.08. The molecule has 5 heteroatoms. The first-order valence-electron chi connectivity index (χ1n) is 5.09. The van der Waals surface area contributed by atoms with E-state index in [1.807, 2.05) is 0 Å². The van der Waals surface area contributed by atoms with Crippen LogP contribution in [0.1, 0.15) is 13.3 Å². The SMILES string of the molecule is COC(=O)CC1NCC(C)CN(C)C1=O. The molecule has 1 saturated heterocycles. The monoisotopic (exact) mass is 214 g/mol. The molecule has 1 heterocycles. The molecule has 2 atom stereocenters. The average molecular weight is 214 g/mol. The molecule has 1 aliphatic heterocycles. The topological polar surface area (TPSA) is 58.6 Å². The van der Waals surface area contributed by atoms with E-state index in [1.54, 1.807) is 11.9 Å². The number of ether oxygens (including phenoxy) is 1. The van der Waals surface area contributed by atoms with Crippen LogP contribution in [-0.2, 0) is 14.3 Å². The highest BCUT2D eigenvalue weighted by Gasteiger charge is 2.28. The Hall–Kier alpha value is -1.10. The number of carbonyl (C=O) groups is 2. The number of amides is 1. The summed E-state index contributed by atoms with van der Waals surface area (Å²) in [7, 11) is 3.09. The van der Waals surface area contributed by atoms with Gasteiger partial charge in [-0.25, -0.2) is 0 Å². The summed E-state index contributed by atoms with van der Waals surface area (Å²) in [6, 6.07) is -0.438. The molecule has 0 bridgehead atoms. The first kappa shape index (κ1) is 12.0. The zero-order valence-electron chi connectivity index (χ0n) is 9.45. The maximum absolute atomic E-state index is 11.8. The molecule has 0 aromatic heterocycles. The highest BCUT2D eigenvalue weighted by molar-refractivity contribution is 5.86. The average Bonchev–Trinajstić information content (AvgIpc) is 2.31. The van der Waals surface area contributed by atoms with E-state index < -0.39 is 6.04 Å². The fraction of sp³-hybridized carbons (Fsp3) is 0.800. The summed E-state index contributed by atoms with van der Waals surface area (Å²) >= 11 is 0. The number of methoxy groups -OCH3 is 1. The number of esters is 1. The molecule has 1 fully saturated rings. The van der Waals surface area contributed by atoms with Crippen molar-refractivity contribution in [2.45, 2.75) is 19.4 Å². The third kappa shape index (κ3) is 3.20. The van der Waals surface area contributed by atoms with Gasteiger partial charge in [0.2, 0.25) is 5.91 Å². The minimum atomic E-state index is -0.438. The number of nitrogens with one attached hydrogen (secondary N) is 1. The molecule has 0 spiro atoms. The second-order valence-corrected chi connectivity index (χ2v) is 4.07. The Morgan fingerprint density at radius 1 is 1.67 bits per heavy atom. The Balaban J connectivity index is 2.62. The Labute approximate surface area is 89.8 Å². The summed E-state index contributed by atoms with van der Waals surface area (Å²) in [6.07, 6.45) is 0.104. The van der Waals surface area contributed by atoms with Crippen molar-refractivity contribution in [1.82, 2.24) is 10.2 Å². The van der Waals surface area contributed by atoms with Gasteiger partial charge in [-0.15, -0.1) is 0 Å². The van der Waals surface area contributed by atoms with Crippen LogP contribution >= 0.6 is 0 Å². The summed E-state index contributed by atoms with van der Waals surface area (Å²) < 4.78 is 4.55. The molecule has 2 unspecified atom stereocenters. The molecule has 1 rings (SSSR count). The first-order chi connectivity index (χ1) is 7.04. The summed E-state index contributed by atoms with van der Waals surface area (Å²) in [5.74, 6) is 0.00940. The number of hydrogen-bond acceptors (Lipinski definition) is 4. The molecule has 0 aromatic carbocycles. The van der Waals surface area contributed by atoms with Gasteiger partial charge in [0, 0.05) is 20.1 Å². The molecule has 0 aliphatic carbocycles. The fourth-order valence-electron chi connectivity index (χ4n) is 1.73. The molecule has 0 aromatic rings. The highest BCUT2D eigenvalue weighted by Crippen LogP contribution is 2.08. The number of rotatable bonds is 2. The third-order valence-electron chi connectivity index (χ3n) is 2.57. The van der Waals surface area contributed by atoms with E-state index >= 15 is 0 Å². The van der Waals surface area contributed by atoms with E-state index in [9.17, 15) is 9.59 Å². The van der Waals surface area contributed by atoms with E-state index in [4.69, 9.17) is 0 Å². The maximum Gasteiger partial charge on any atom is 0.307 e. The molecule has 5 nitrogen and oxygen atoms in total. The third-order valence-corrected chi connectivity index (χ3v) is 2.57. The Bertz CT molecular complexity index is 255. The van der Waals surface area contributed by atoms with Gasteiger partial charge in [-0.1, -0.05) is 6.92 Å². The van der Waals surface area contributed by atoms with Gasteiger partial charge in [0.15, 0.2) is 0 Å². The van der Waals surface area contributed by atoms with Crippen LogP contribution in [0.5, 0.6) is 0 Å². The molecule has 0 saturated carbocycles. The van der Waals surface area contributed by atoms with Crippen LogP contribution in [-0.4, -0.2) is 50.1 Å². The quantitative estimate of drug-likeness (QED) is 0.636. The second-order valence-electron chi connectivity index (χ2n) is 4.07. The van der Waals surface area contributed by atoms with E-state index in [-0.39, 0.29) is 18.3 Å². The van der Waals surface area contributed by atoms with Crippen molar-refractivity contribution in [2.24, 2.45) is 5.92 Å². The van der Waals surface area contributed by atoms with Crippen molar-refractivity contribution in [3.8, 4) is 0 Å². The molecule has 1 N–H and O–H groups in total. The molecule has 1 aliphatic rings. The summed E-state index contributed by atoms with van der Waals surface area (Å²) in [5, 5.41) is 3.08. The van der Waals surface area contributed by atoms with Crippen molar-refractivity contribution < 1.29 is 14.3 Å².